The molecule has 0 heterocycles. The molecule has 1 atom stereocenters. The van der Waals surface area contributed by atoms with Gasteiger partial charge in [0.05, 0.1) is 0 Å². The zero-order valence-corrected chi connectivity index (χ0v) is 10.1. The Morgan fingerprint density at radius 2 is 1.75 bits per heavy atom. The summed E-state index contributed by atoms with van der Waals surface area (Å²) in [5.74, 6) is -0.584. The molecule has 0 aliphatic heterocycles. The monoisotopic (exact) mass is 240 g/mol. The van der Waals surface area contributed by atoms with E-state index < -0.39 is 24.7 Å². The van der Waals surface area contributed by atoms with Crippen molar-refractivity contribution in [1.29, 1.82) is 0 Å². The molecule has 0 saturated heterocycles. The maximum atomic E-state index is 12.0. The summed E-state index contributed by atoms with van der Waals surface area (Å²) in [6, 6.07) is -0.448. The highest BCUT2D eigenvalue weighted by molar-refractivity contribution is 5.76. The van der Waals surface area contributed by atoms with Gasteiger partial charge in [-0.2, -0.15) is 13.2 Å². The summed E-state index contributed by atoms with van der Waals surface area (Å²) in [5, 5.41) is 0. The van der Waals surface area contributed by atoms with Crippen molar-refractivity contribution in [3.8, 4) is 0 Å². The van der Waals surface area contributed by atoms with Crippen LogP contribution in [-0.4, -0.2) is 36.6 Å². The average molecular weight is 240 g/mol. The number of carbonyl (C=O) groups excluding carboxylic acids is 1. The first-order chi connectivity index (χ1) is 6.93. The summed E-state index contributed by atoms with van der Waals surface area (Å²) in [6.07, 6.45) is -4.44. The Kier molecular flexibility index (Phi) is 4.79. The van der Waals surface area contributed by atoms with E-state index in [0.29, 0.717) is 4.90 Å². The van der Waals surface area contributed by atoms with Gasteiger partial charge in [-0.1, -0.05) is 20.8 Å². The number of hydrogen-bond donors (Lipinski definition) is 1. The van der Waals surface area contributed by atoms with Gasteiger partial charge in [-0.25, -0.2) is 0 Å². The molecule has 0 aromatic carbocycles. The minimum absolute atomic E-state index is 0.0733. The predicted molar refractivity (Wildman–Crippen MR) is 55.7 cm³/mol. The summed E-state index contributed by atoms with van der Waals surface area (Å²) in [6.45, 7) is 4.29. The highest BCUT2D eigenvalue weighted by Gasteiger charge is 2.32. The molecular weight excluding hydrogens is 221 g/mol. The molecule has 0 aliphatic carbocycles. The molecule has 2 N–H and O–H groups in total. The number of nitrogens with two attached hydrogens (primary N) is 1. The van der Waals surface area contributed by atoms with Gasteiger partial charge in [0.25, 0.3) is 0 Å². The van der Waals surface area contributed by atoms with E-state index in [1.807, 2.05) is 20.8 Å². The van der Waals surface area contributed by atoms with Crippen molar-refractivity contribution in [2.24, 2.45) is 11.1 Å². The summed E-state index contributed by atoms with van der Waals surface area (Å²) in [4.78, 5) is 12.1. The van der Waals surface area contributed by atoms with E-state index in [4.69, 9.17) is 5.73 Å². The maximum Gasteiger partial charge on any atom is 0.406 e. The van der Waals surface area contributed by atoms with E-state index in [1.165, 1.54) is 0 Å². The molecule has 0 radical (unpaired) electrons. The Balaban J connectivity index is 4.27. The fourth-order valence-electron chi connectivity index (χ4n) is 1.01. The Hall–Kier alpha value is -0.780. The van der Waals surface area contributed by atoms with Gasteiger partial charge in [0, 0.05) is 19.5 Å². The van der Waals surface area contributed by atoms with Gasteiger partial charge in [0.1, 0.15) is 6.54 Å². The van der Waals surface area contributed by atoms with Crippen molar-refractivity contribution < 1.29 is 18.0 Å². The van der Waals surface area contributed by atoms with E-state index in [9.17, 15) is 18.0 Å². The third kappa shape index (κ3) is 5.95. The molecule has 0 aromatic heterocycles. The third-order valence-corrected chi connectivity index (χ3v) is 2.35. The lowest BCUT2D eigenvalue weighted by atomic mass is 9.85. The van der Waals surface area contributed by atoms with E-state index in [2.05, 4.69) is 0 Å². The van der Waals surface area contributed by atoms with Crippen LogP contribution in [0.2, 0.25) is 0 Å². The number of halogens is 3. The van der Waals surface area contributed by atoms with Crippen molar-refractivity contribution in [3.63, 3.8) is 0 Å². The first kappa shape index (κ1) is 15.2. The highest BCUT2D eigenvalue weighted by atomic mass is 19.4. The minimum Gasteiger partial charge on any atom is -0.337 e. The van der Waals surface area contributed by atoms with Crippen LogP contribution in [0, 0.1) is 5.41 Å². The number of carbonyl (C=O) groups is 1. The molecule has 0 spiro atoms. The van der Waals surface area contributed by atoms with E-state index in [1.54, 1.807) is 0 Å². The number of hydrogen-bond acceptors (Lipinski definition) is 2. The van der Waals surface area contributed by atoms with Crippen LogP contribution in [0.15, 0.2) is 0 Å². The van der Waals surface area contributed by atoms with Gasteiger partial charge in [-0.05, 0) is 5.41 Å². The molecule has 0 rings (SSSR count). The molecule has 0 fully saturated rings. The first-order valence-electron chi connectivity index (χ1n) is 5.00. The van der Waals surface area contributed by atoms with Crippen LogP contribution >= 0.6 is 0 Å². The third-order valence-electron chi connectivity index (χ3n) is 2.35. The van der Waals surface area contributed by atoms with E-state index in [-0.39, 0.29) is 11.8 Å². The maximum absolute atomic E-state index is 12.0. The van der Waals surface area contributed by atoms with Gasteiger partial charge in [-0.3, -0.25) is 4.79 Å². The average Bonchev–Trinajstić information content (AvgIpc) is 1.98. The van der Waals surface area contributed by atoms with Crippen molar-refractivity contribution in [2.75, 3.05) is 13.6 Å². The summed E-state index contributed by atoms with van der Waals surface area (Å²) >= 11 is 0. The topological polar surface area (TPSA) is 46.3 Å². The quantitative estimate of drug-likeness (QED) is 0.817. The fraction of sp³-hybridized carbons (Fsp3) is 0.900. The zero-order chi connectivity index (χ0) is 13.1. The first-order valence-corrected chi connectivity index (χ1v) is 5.00. The smallest absolute Gasteiger partial charge is 0.337 e. The summed E-state index contributed by atoms with van der Waals surface area (Å²) in [5.41, 5.74) is 5.43. The number of alkyl halides is 3. The number of amides is 1. The highest BCUT2D eigenvalue weighted by Crippen LogP contribution is 2.21. The molecule has 1 unspecified atom stereocenters. The largest absolute Gasteiger partial charge is 0.406 e. The van der Waals surface area contributed by atoms with Crippen LogP contribution < -0.4 is 5.73 Å². The molecule has 0 aromatic rings. The lowest BCUT2D eigenvalue weighted by Crippen LogP contribution is -2.43. The molecule has 6 heteroatoms. The summed E-state index contributed by atoms with van der Waals surface area (Å²) in [7, 11) is 1.13. The van der Waals surface area contributed by atoms with Gasteiger partial charge in [-0.15, -0.1) is 0 Å². The molecule has 0 aliphatic rings. The van der Waals surface area contributed by atoms with Gasteiger partial charge >= 0.3 is 6.18 Å². The molecule has 16 heavy (non-hydrogen) atoms. The second-order valence-corrected chi connectivity index (χ2v) is 5.04. The summed E-state index contributed by atoms with van der Waals surface area (Å²) < 4.78 is 36.0. The van der Waals surface area contributed by atoms with Crippen LogP contribution in [0.3, 0.4) is 0 Å². The molecule has 0 bridgehead atoms. The SMILES string of the molecule is CN(CC(F)(F)F)C(=O)CC(N)C(C)(C)C. The van der Waals surface area contributed by atoms with E-state index in [0.717, 1.165) is 7.05 Å². The Morgan fingerprint density at radius 3 is 2.06 bits per heavy atom. The molecule has 0 saturated carbocycles. The second kappa shape index (κ2) is 5.03. The van der Waals surface area contributed by atoms with Crippen LogP contribution in [0.25, 0.3) is 0 Å². The predicted octanol–water partition coefficient (Wildman–Crippen LogP) is 1.77. The minimum atomic E-state index is -4.36. The standard InChI is InChI=1S/C10H19F3N2O/c1-9(2,3)7(14)5-8(16)15(4)6-10(11,12)13/h7H,5-6,14H2,1-4H3. The lowest BCUT2D eigenvalue weighted by molar-refractivity contribution is -0.158. The van der Waals surface area contributed by atoms with Crippen LogP contribution in [0.5, 0.6) is 0 Å². The molecule has 96 valence electrons. The number of rotatable bonds is 3. The van der Waals surface area contributed by atoms with Gasteiger partial charge in [0.15, 0.2) is 0 Å². The van der Waals surface area contributed by atoms with Gasteiger partial charge in [0.2, 0.25) is 5.91 Å². The lowest BCUT2D eigenvalue weighted by Gasteiger charge is -2.28. The van der Waals surface area contributed by atoms with Crippen LogP contribution in [0.1, 0.15) is 27.2 Å². The Morgan fingerprint density at radius 1 is 1.31 bits per heavy atom. The second-order valence-electron chi connectivity index (χ2n) is 5.04. The fourth-order valence-corrected chi connectivity index (χ4v) is 1.01. The molecule has 1 amide bonds. The Labute approximate surface area is 93.8 Å². The molecular formula is C10H19F3N2O. The van der Waals surface area contributed by atoms with Crippen LogP contribution in [-0.2, 0) is 4.79 Å². The van der Waals surface area contributed by atoms with Gasteiger partial charge < -0.3 is 10.6 Å². The zero-order valence-electron chi connectivity index (χ0n) is 10.1. The van der Waals surface area contributed by atoms with Crippen molar-refractivity contribution >= 4 is 5.91 Å². The Bertz CT molecular complexity index is 245. The van der Waals surface area contributed by atoms with Crippen molar-refractivity contribution in [2.45, 2.75) is 39.4 Å². The molecule has 3 nitrogen and oxygen atoms in total. The van der Waals surface area contributed by atoms with E-state index >= 15 is 0 Å². The number of nitrogens with zero attached hydrogens (tertiary/aromatic N) is 1. The van der Waals surface area contributed by atoms with Crippen LogP contribution in [0.4, 0.5) is 13.2 Å². The normalized spacial score (nSPS) is 14.8. The van der Waals surface area contributed by atoms with Crippen molar-refractivity contribution in [3.05, 3.63) is 0 Å². The van der Waals surface area contributed by atoms with Crippen molar-refractivity contribution in [1.82, 2.24) is 4.90 Å².